The van der Waals surface area contributed by atoms with Crippen molar-refractivity contribution >= 4 is 21.6 Å². The molecule has 0 aromatic rings. The Kier molecular flexibility index (Phi) is 1.88. The summed E-state index contributed by atoms with van der Waals surface area (Å²) < 4.78 is 0. The van der Waals surface area contributed by atoms with Crippen LogP contribution in [0.15, 0.2) is 22.5 Å². The van der Waals surface area contributed by atoms with Crippen molar-refractivity contribution in [3.8, 4) is 0 Å². The lowest BCUT2D eigenvalue weighted by molar-refractivity contribution is 1.72. The van der Waals surface area contributed by atoms with Gasteiger partial charge in [0.05, 0.1) is 0 Å². The third kappa shape index (κ3) is 1.28. The van der Waals surface area contributed by atoms with E-state index < -0.39 is 0 Å². The van der Waals surface area contributed by atoms with E-state index in [1.807, 2.05) is 10.8 Å². The molecule has 0 aromatic heterocycles. The highest BCUT2D eigenvalue weighted by Crippen LogP contribution is 2.38. The minimum atomic E-state index is 1.37. The van der Waals surface area contributed by atoms with E-state index >= 15 is 0 Å². The number of hydrogen-bond acceptors (Lipinski definition) is 2. The molecule has 0 aliphatic carbocycles. The van der Waals surface area contributed by atoms with Crippen LogP contribution in [-0.4, -0.2) is 0 Å². The number of allylic oxidation sites excluding steroid dienone is 2. The molecule has 2 heteroatoms. The predicted octanol–water partition coefficient (Wildman–Crippen LogP) is 2.80. The van der Waals surface area contributed by atoms with Crippen molar-refractivity contribution in [2.75, 3.05) is 0 Å². The molecule has 0 atom stereocenters. The SMILES string of the molecule is C/C=C1\C=CSS1. The number of rotatable bonds is 0. The molecule has 7 heavy (non-hydrogen) atoms. The smallest absolute Gasteiger partial charge is 0.0148 e. The first kappa shape index (κ1) is 5.32. The van der Waals surface area contributed by atoms with E-state index in [2.05, 4.69) is 24.5 Å². The summed E-state index contributed by atoms with van der Waals surface area (Å²) in [7, 11) is 3.58. The maximum atomic E-state index is 2.12. The third-order valence-electron chi connectivity index (χ3n) is 0.717. The van der Waals surface area contributed by atoms with Crippen LogP contribution >= 0.6 is 21.6 Å². The van der Waals surface area contributed by atoms with Gasteiger partial charge in [-0.1, -0.05) is 27.7 Å². The molecule has 1 heterocycles. The molecule has 0 fully saturated rings. The normalized spacial score (nSPS) is 24.4. The molecule has 0 aromatic carbocycles. The molecule has 0 saturated heterocycles. The zero-order chi connectivity index (χ0) is 5.11. The van der Waals surface area contributed by atoms with Crippen LogP contribution in [0.4, 0.5) is 0 Å². The van der Waals surface area contributed by atoms with Crippen LogP contribution < -0.4 is 0 Å². The van der Waals surface area contributed by atoms with Crippen LogP contribution in [0, 0.1) is 0 Å². The van der Waals surface area contributed by atoms with E-state index in [-0.39, 0.29) is 0 Å². The van der Waals surface area contributed by atoms with Crippen LogP contribution in [0.2, 0.25) is 0 Å². The van der Waals surface area contributed by atoms with E-state index in [1.54, 1.807) is 10.8 Å². The molecule has 1 rings (SSSR count). The first-order chi connectivity index (χ1) is 3.43. The lowest BCUT2D eigenvalue weighted by Gasteiger charge is -1.82. The van der Waals surface area contributed by atoms with Gasteiger partial charge < -0.3 is 0 Å². The summed E-state index contributed by atoms with van der Waals surface area (Å²) in [4.78, 5) is 1.37. The first-order valence-electron chi connectivity index (χ1n) is 2.09. The summed E-state index contributed by atoms with van der Waals surface area (Å²) in [6.45, 7) is 2.05. The highest BCUT2D eigenvalue weighted by molar-refractivity contribution is 8.79. The minimum absolute atomic E-state index is 1.37. The quantitative estimate of drug-likeness (QED) is 0.462. The van der Waals surface area contributed by atoms with Gasteiger partial charge in [-0.05, 0) is 18.4 Å². The van der Waals surface area contributed by atoms with E-state index in [0.29, 0.717) is 0 Å². The molecular weight excluding hydrogens is 124 g/mol. The van der Waals surface area contributed by atoms with Crippen LogP contribution in [0.5, 0.6) is 0 Å². The van der Waals surface area contributed by atoms with E-state index in [0.717, 1.165) is 0 Å². The van der Waals surface area contributed by atoms with E-state index in [4.69, 9.17) is 0 Å². The van der Waals surface area contributed by atoms with Crippen molar-refractivity contribution in [3.05, 3.63) is 22.5 Å². The highest BCUT2D eigenvalue weighted by atomic mass is 33.1. The first-order valence-corrected chi connectivity index (χ1v) is 4.31. The average molecular weight is 130 g/mol. The Morgan fingerprint density at radius 3 is 2.86 bits per heavy atom. The lowest BCUT2D eigenvalue weighted by Crippen LogP contribution is -1.52. The highest BCUT2D eigenvalue weighted by Gasteiger charge is 1.95. The zero-order valence-electron chi connectivity index (χ0n) is 4.05. The molecule has 1 aliphatic heterocycles. The second-order valence-corrected chi connectivity index (χ2v) is 3.35. The molecule has 0 unspecified atom stereocenters. The van der Waals surface area contributed by atoms with Gasteiger partial charge in [0.25, 0.3) is 0 Å². The van der Waals surface area contributed by atoms with Crippen molar-refractivity contribution in [1.82, 2.24) is 0 Å². The van der Waals surface area contributed by atoms with Crippen molar-refractivity contribution in [3.63, 3.8) is 0 Å². The Morgan fingerprint density at radius 2 is 2.57 bits per heavy atom. The van der Waals surface area contributed by atoms with Gasteiger partial charge in [-0.25, -0.2) is 0 Å². The van der Waals surface area contributed by atoms with Crippen LogP contribution in [0.3, 0.4) is 0 Å². The van der Waals surface area contributed by atoms with Gasteiger partial charge in [-0.2, -0.15) is 0 Å². The fourth-order valence-electron chi connectivity index (χ4n) is 0.350. The second kappa shape index (κ2) is 2.48. The molecule has 0 nitrogen and oxygen atoms in total. The van der Waals surface area contributed by atoms with Crippen molar-refractivity contribution in [1.29, 1.82) is 0 Å². The largest absolute Gasteiger partial charge is 0.0731 e. The number of hydrogen-bond donors (Lipinski definition) is 0. The average Bonchev–Trinajstić information content (AvgIpc) is 2.14. The fourth-order valence-corrected chi connectivity index (χ4v) is 2.15. The Labute approximate surface area is 51.5 Å². The van der Waals surface area contributed by atoms with E-state index in [1.165, 1.54) is 4.91 Å². The maximum Gasteiger partial charge on any atom is 0.0148 e. The third-order valence-corrected chi connectivity index (χ3v) is 2.82. The van der Waals surface area contributed by atoms with Crippen LogP contribution in [0.25, 0.3) is 0 Å². The monoisotopic (exact) mass is 130 g/mol. The summed E-state index contributed by atoms with van der Waals surface area (Å²) in [5, 5.41) is 2.10. The topological polar surface area (TPSA) is 0 Å². The van der Waals surface area contributed by atoms with Crippen LogP contribution in [0.1, 0.15) is 6.92 Å². The molecule has 38 valence electrons. The minimum Gasteiger partial charge on any atom is -0.0731 e. The molecule has 0 spiro atoms. The van der Waals surface area contributed by atoms with Gasteiger partial charge >= 0.3 is 0 Å². The maximum absolute atomic E-state index is 2.12. The van der Waals surface area contributed by atoms with Gasteiger partial charge in [0.2, 0.25) is 0 Å². The summed E-state index contributed by atoms with van der Waals surface area (Å²) in [5.74, 6) is 0. The Bertz CT molecular complexity index is 110. The zero-order valence-corrected chi connectivity index (χ0v) is 5.68. The Morgan fingerprint density at radius 1 is 1.71 bits per heavy atom. The molecule has 0 bridgehead atoms. The second-order valence-electron chi connectivity index (χ2n) is 1.17. The molecular formula is C5H6S2. The fraction of sp³-hybridized carbons (Fsp3) is 0.200. The summed E-state index contributed by atoms with van der Waals surface area (Å²) in [6.07, 6.45) is 4.23. The lowest BCUT2D eigenvalue weighted by atomic mass is 10.5. The summed E-state index contributed by atoms with van der Waals surface area (Å²) >= 11 is 0. The van der Waals surface area contributed by atoms with Gasteiger partial charge in [0.1, 0.15) is 0 Å². The van der Waals surface area contributed by atoms with Gasteiger partial charge in [-0.15, -0.1) is 0 Å². The molecule has 0 saturated carbocycles. The molecule has 0 N–H and O–H groups in total. The van der Waals surface area contributed by atoms with Gasteiger partial charge in [-0.3, -0.25) is 0 Å². The predicted molar refractivity (Wildman–Crippen MR) is 38.1 cm³/mol. The Hall–Kier alpha value is 0.180. The van der Waals surface area contributed by atoms with Crippen molar-refractivity contribution in [2.45, 2.75) is 6.92 Å². The van der Waals surface area contributed by atoms with Crippen molar-refractivity contribution < 1.29 is 0 Å². The van der Waals surface area contributed by atoms with E-state index in [9.17, 15) is 0 Å². The van der Waals surface area contributed by atoms with Crippen molar-refractivity contribution in [2.24, 2.45) is 0 Å². The van der Waals surface area contributed by atoms with Gasteiger partial charge in [0, 0.05) is 4.91 Å². The molecule has 0 radical (unpaired) electrons. The standard InChI is InChI=1S/C5H6S2/c1-2-5-3-4-6-7-5/h2-4H,1H3/b5-2+. The van der Waals surface area contributed by atoms with Gasteiger partial charge in [0.15, 0.2) is 0 Å². The molecule has 1 aliphatic rings. The Balaban J connectivity index is 2.59. The summed E-state index contributed by atoms with van der Waals surface area (Å²) in [5.41, 5.74) is 0. The van der Waals surface area contributed by atoms with Crippen LogP contribution in [-0.2, 0) is 0 Å². The molecule has 0 amide bonds. The summed E-state index contributed by atoms with van der Waals surface area (Å²) in [6, 6.07) is 0.